The molecule has 3 rings (SSSR count). The van der Waals surface area contributed by atoms with E-state index in [0.29, 0.717) is 5.02 Å². The summed E-state index contributed by atoms with van der Waals surface area (Å²) in [6.45, 7) is 6.99. The predicted molar refractivity (Wildman–Crippen MR) is 114 cm³/mol. The van der Waals surface area contributed by atoms with Gasteiger partial charge in [0.1, 0.15) is 12.0 Å². The molecule has 3 aromatic rings. The summed E-state index contributed by atoms with van der Waals surface area (Å²) in [5.74, 6) is -0.266. The van der Waals surface area contributed by atoms with E-state index in [1.165, 1.54) is 6.07 Å². The molecule has 1 aromatic heterocycles. The normalized spacial score (nSPS) is 13.2. The van der Waals surface area contributed by atoms with Crippen molar-refractivity contribution in [3.8, 4) is 0 Å². The van der Waals surface area contributed by atoms with E-state index >= 15 is 0 Å². The van der Waals surface area contributed by atoms with Crippen LogP contribution in [0.1, 0.15) is 57.4 Å². The van der Waals surface area contributed by atoms with E-state index in [2.05, 4.69) is 12.2 Å². The van der Waals surface area contributed by atoms with Crippen molar-refractivity contribution in [2.24, 2.45) is 0 Å². The second-order valence-electron chi connectivity index (χ2n) is 7.83. The zero-order valence-electron chi connectivity index (χ0n) is 16.7. The van der Waals surface area contributed by atoms with Gasteiger partial charge in [-0.2, -0.15) is 0 Å². The number of rotatable bonds is 8. The Morgan fingerprint density at radius 3 is 2.54 bits per heavy atom. The molecule has 28 heavy (non-hydrogen) atoms. The molecule has 2 N–H and O–H groups in total. The first-order valence-corrected chi connectivity index (χ1v) is 10.2. The molecule has 0 saturated carbocycles. The molecule has 0 amide bonds. The van der Waals surface area contributed by atoms with Crippen molar-refractivity contribution in [1.82, 2.24) is 9.88 Å². The third-order valence-corrected chi connectivity index (χ3v) is 5.49. The van der Waals surface area contributed by atoms with E-state index in [9.17, 15) is 9.50 Å². The maximum absolute atomic E-state index is 13.8. The van der Waals surface area contributed by atoms with E-state index in [4.69, 9.17) is 11.6 Å². The van der Waals surface area contributed by atoms with Crippen LogP contribution in [-0.4, -0.2) is 9.67 Å². The minimum Gasteiger partial charge on any atom is -0.374 e. The summed E-state index contributed by atoms with van der Waals surface area (Å²) in [7, 11) is 0. The van der Waals surface area contributed by atoms with Gasteiger partial charge in [0.15, 0.2) is 0 Å². The van der Waals surface area contributed by atoms with E-state index in [1.54, 1.807) is 12.1 Å². The van der Waals surface area contributed by atoms with Gasteiger partial charge in [-0.05, 0) is 56.2 Å². The Labute approximate surface area is 171 Å². The average molecular weight is 403 g/mol. The number of aryl methyl sites for hydroxylation is 1. The monoisotopic (exact) mass is 402 g/mol. The van der Waals surface area contributed by atoms with Crippen molar-refractivity contribution in [2.45, 2.75) is 58.3 Å². The van der Waals surface area contributed by atoms with Crippen LogP contribution in [0.2, 0.25) is 5.02 Å². The van der Waals surface area contributed by atoms with Crippen molar-refractivity contribution < 1.29 is 9.50 Å². The van der Waals surface area contributed by atoms with Gasteiger partial charge in [0.25, 0.3) is 0 Å². The standard InChI is InChI=1S/C23H28ClFN2O/c1-4-5-6-13-27-15-20(19-12-11-18(25)14-21(19)27)22(28)26-23(2,3)16-7-9-17(24)10-8-16/h7-12,14-15,22,26,28H,4-6,13H2,1-3H3. The molecule has 3 nitrogen and oxygen atoms in total. The average Bonchev–Trinajstić information content (AvgIpc) is 3.00. The van der Waals surface area contributed by atoms with Crippen LogP contribution in [0.15, 0.2) is 48.7 Å². The molecular weight excluding hydrogens is 375 g/mol. The molecular formula is C23H28ClFN2O. The van der Waals surface area contributed by atoms with Crippen LogP contribution in [0.25, 0.3) is 10.9 Å². The number of hydrogen-bond acceptors (Lipinski definition) is 2. The van der Waals surface area contributed by atoms with E-state index in [0.717, 1.165) is 47.8 Å². The fourth-order valence-electron chi connectivity index (χ4n) is 3.60. The first kappa shape index (κ1) is 20.8. The Morgan fingerprint density at radius 1 is 1.14 bits per heavy atom. The number of nitrogens with zero attached hydrogens (tertiary/aromatic N) is 1. The second-order valence-corrected chi connectivity index (χ2v) is 8.26. The van der Waals surface area contributed by atoms with Crippen LogP contribution < -0.4 is 5.32 Å². The molecule has 0 fully saturated rings. The van der Waals surface area contributed by atoms with Crippen LogP contribution in [0.4, 0.5) is 4.39 Å². The van der Waals surface area contributed by atoms with Crippen LogP contribution in [-0.2, 0) is 12.1 Å². The lowest BCUT2D eigenvalue weighted by molar-refractivity contribution is 0.102. The maximum Gasteiger partial charge on any atom is 0.133 e. The van der Waals surface area contributed by atoms with E-state index in [1.807, 2.05) is 48.9 Å². The number of unbranched alkanes of at least 4 members (excludes halogenated alkanes) is 2. The Hall–Kier alpha value is -1.88. The summed E-state index contributed by atoms with van der Waals surface area (Å²) >= 11 is 5.99. The highest BCUT2D eigenvalue weighted by atomic mass is 35.5. The summed E-state index contributed by atoms with van der Waals surface area (Å²) in [6.07, 6.45) is 4.33. The second kappa shape index (κ2) is 8.64. The van der Waals surface area contributed by atoms with Crippen LogP contribution >= 0.6 is 11.6 Å². The molecule has 0 saturated heterocycles. The molecule has 0 spiro atoms. The molecule has 0 bridgehead atoms. The number of aliphatic hydroxyl groups is 1. The zero-order chi connectivity index (χ0) is 20.3. The summed E-state index contributed by atoms with van der Waals surface area (Å²) < 4.78 is 15.9. The lowest BCUT2D eigenvalue weighted by Gasteiger charge is -2.30. The highest BCUT2D eigenvalue weighted by Gasteiger charge is 2.26. The number of aliphatic hydroxyl groups excluding tert-OH is 1. The molecule has 1 unspecified atom stereocenters. The molecule has 0 radical (unpaired) electrons. The minimum atomic E-state index is -0.883. The van der Waals surface area contributed by atoms with Crippen molar-refractivity contribution in [1.29, 1.82) is 0 Å². The summed E-state index contributed by atoms with van der Waals surface area (Å²) in [5.41, 5.74) is 2.12. The van der Waals surface area contributed by atoms with Crippen molar-refractivity contribution in [3.05, 3.63) is 70.6 Å². The molecule has 0 aliphatic carbocycles. The SMILES string of the molecule is CCCCCn1cc(C(O)NC(C)(C)c2ccc(Cl)cc2)c2ccc(F)cc21. The first-order chi connectivity index (χ1) is 13.3. The summed E-state index contributed by atoms with van der Waals surface area (Å²) in [6, 6.07) is 12.3. The Morgan fingerprint density at radius 2 is 1.86 bits per heavy atom. The van der Waals surface area contributed by atoms with Gasteiger partial charge in [0.05, 0.1) is 5.52 Å². The molecule has 150 valence electrons. The largest absolute Gasteiger partial charge is 0.374 e. The Balaban J connectivity index is 1.90. The van der Waals surface area contributed by atoms with Gasteiger partial charge in [-0.15, -0.1) is 0 Å². The number of benzene rings is 2. The molecule has 0 aliphatic rings. The summed E-state index contributed by atoms with van der Waals surface area (Å²) in [5, 5.41) is 15.8. The third kappa shape index (κ3) is 4.57. The smallest absolute Gasteiger partial charge is 0.133 e. The quantitative estimate of drug-likeness (QED) is 0.350. The topological polar surface area (TPSA) is 37.2 Å². The molecule has 0 aliphatic heterocycles. The van der Waals surface area contributed by atoms with Crippen LogP contribution in [0.5, 0.6) is 0 Å². The summed E-state index contributed by atoms with van der Waals surface area (Å²) in [4.78, 5) is 0. The number of halogens is 2. The van der Waals surface area contributed by atoms with Gasteiger partial charge in [0.2, 0.25) is 0 Å². The van der Waals surface area contributed by atoms with Gasteiger partial charge < -0.3 is 9.67 Å². The Kier molecular flexibility index (Phi) is 6.43. The first-order valence-electron chi connectivity index (χ1n) is 9.82. The fraction of sp³-hybridized carbons (Fsp3) is 0.391. The van der Waals surface area contributed by atoms with Crippen molar-refractivity contribution in [3.63, 3.8) is 0 Å². The fourth-order valence-corrected chi connectivity index (χ4v) is 3.72. The molecule has 1 atom stereocenters. The highest BCUT2D eigenvalue weighted by Crippen LogP contribution is 2.30. The number of fused-ring (bicyclic) bond motifs is 1. The van der Waals surface area contributed by atoms with Crippen LogP contribution in [0, 0.1) is 5.82 Å². The predicted octanol–water partition coefficient (Wildman–Crippen LogP) is 6.14. The van der Waals surface area contributed by atoms with Crippen molar-refractivity contribution in [2.75, 3.05) is 0 Å². The van der Waals surface area contributed by atoms with Crippen molar-refractivity contribution >= 4 is 22.5 Å². The third-order valence-electron chi connectivity index (χ3n) is 5.24. The lowest BCUT2D eigenvalue weighted by atomic mass is 9.93. The number of nitrogens with one attached hydrogen (secondary N) is 1. The van der Waals surface area contributed by atoms with Gasteiger partial charge in [-0.1, -0.05) is 43.5 Å². The lowest BCUT2D eigenvalue weighted by Crippen LogP contribution is -2.39. The van der Waals surface area contributed by atoms with Gasteiger partial charge >= 0.3 is 0 Å². The number of aromatic nitrogens is 1. The van der Waals surface area contributed by atoms with E-state index in [-0.39, 0.29) is 5.82 Å². The van der Waals surface area contributed by atoms with Gasteiger partial charge in [0, 0.05) is 34.3 Å². The van der Waals surface area contributed by atoms with Gasteiger partial charge in [-0.25, -0.2) is 4.39 Å². The zero-order valence-corrected chi connectivity index (χ0v) is 17.4. The van der Waals surface area contributed by atoms with Crippen LogP contribution in [0.3, 0.4) is 0 Å². The molecule has 5 heteroatoms. The number of hydrogen-bond donors (Lipinski definition) is 2. The van der Waals surface area contributed by atoms with Gasteiger partial charge in [-0.3, -0.25) is 5.32 Å². The van der Waals surface area contributed by atoms with E-state index < -0.39 is 11.8 Å². The molecule has 1 heterocycles. The Bertz CT molecular complexity index is 934. The maximum atomic E-state index is 13.8. The minimum absolute atomic E-state index is 0.266. The highest BCUT2D eigenvalue weighted by molar-refractivity contribution is 6.30. The molecule has 2 aromatic carbocycles.